The summed E-state index contributed by atoms with van der Waals surface area (Å²) in [5.41, 5.74) is 2.14. The third-order valence-corrected chi connectivity index (χ3v) is 3.93. The second kappa shape index (κ2) is 7.97. The molecule has 2 aromatic carbocycles. The number of aromatic nitrogens is 2. The van der Waals surface area contributed by atoms with Crippen LogP contribution in [-0.4, -0.2) is 23.1 Å². The van der Waals surface area contributed by atoms with Crippen molar-refractivity contribution in [3.05, 3.63) is 59.4 Å². The molecule has 0 unspecified atom stereocenters. The third-order valence-electron chi connectivity index (χ3n) is 3.70. The molecule has 0 radical (unpaired) electrons. The van der Waals surface area contributed by atoms with E-state index in [-0.39, 0.29) is 0 Å². The summed E-state index contributed by atoms with van der Waals surface area (Å²) in [4.78, 5) is 8.59. The van der Waals surface area contributed by atoms with Crippen molar-refractivity contribution >= 4 is 28.3 Å². The molecule has 0 saturated carbocycles. The van der Waals surface area contributed by atoms with E-state index in [1.165, 1.54) is 5.56 Å². The lowest BCUT2D eigenvalue weighted by atomic mass is 10.1. The molecule has 124 valence electrons. The second-order valence-electron chi connectivity index (χ2n) is 5.55. The molecule has 0 amide bonds. The van der Waals surface area contributed by atoms with Gasteiger partial charge in [0.15, 0.2) is 0 Å². The number of rotatable bonds is 7. The number of hydrogen-bond acceptors (Lipinski definition) is 4. The van der Waals surface area contributed by atoms with E-state index < -0.39 is 0 Å². The highest BCUT2D eigenvalue weighted by Crippen LogP contribution is 2.23. The summed E-state index contributed by atoms with van der Waals surface area (Å²) in [7, 11) is 0. The van der Waals surface area contributed by atoms with E-state index in [0.29, 0.717) is 5.02 Å². The quantitative estimate of drug-likeness (QED) is 0.675. The topological polar surface area (TPSA) is 47.0 Å². The van der Waals surface area contributed by atoms with Crippen LogP contribution in [0.15, 0.2) is 48.8 Å². The molecule has 5 heteroatoms. The lowest BCUT2D eigenvalue weighted by Crippen LogP contribution is -2.07. The van der Waals surface area contributed by atoms with Crippen molar-refractivity contribution < 1.29 is 4.74 Å². The molecule has 24 heavy (non-hydrogen) atoms. The van der Waals surface area contributed by atoms with Gasteiger partial charge in [-0.25, -0.2) is 9.97 Å². The smallest absolute Gasteiger partial charge is 0.137 e. The van der Waals surface area contributed by atoms with Crippen LogP contribution < -0.4 is 10.1 Å². The van der Waals surface area contributed by atoms with E-state index in [4.69, 9.17) is 16.3 Å². The van der Waals surface area contributed by atoms with Crippen LogP contribution in [0.3, 0.4) is 0 Å². The predicted molar refractivity (Wildman–Crippen MR) is 99.0 cm³/mol. The van der Waals surface area contributed by atoms with Gasteiger partial charge in [0, 0.05) is 17.0 Å². The minimum absolute atomic E-state index is 0.683. The van der Waals surface area contributed by atoms with E-state index in [9.17, 15) is 0 Å². The molecule has 0 spiro atoms. The Labute approximate surface area is 146 Å². The van der Waals surface area contributed by atoms with Crippen LogP contribution >= 0.6 is 11.6 Å². The first-order valence-electron chi connectivity index (χ1n) is 8.12. The fraction of sp³-hybridized carbons (Fsp3) is 0.263. The molecule has 0 aliphatic rings. The van der Waals surface area contributed by atoms with Gasteiger partial charge in [0.05, 0.1) is 12.1 Å². The number of nitrogens with zero attached hydrogens (tertiary/aromatic N) is 2. The molecule has 0 bridgehead atoms. The molecule has 1 heterocycles. The number of nitrogens with one attached hydrogen (secondary N) is 1. The lowest BCUT2D eigenvalue weighted by Gasteiger charge is -2.09. The number of fused-ring (bicyclic) bond motifs is 1. The molecular formula is C19H20ClN3O. The van der Waals surface area contributed by atoms with Crippen LogP contribution in [0.2, 0.25) is 5.02 Å². The van der Waals surface area contributed by atoms with Crippen molar-refractivity contribution in [2.75, 3.05) is 18.5 Å². The highest BCUT2D eigenvalue weighted by Gasteiger charge is 2.04. The van der Waals surface area contributed by atoms with Crippen LogP contribution in [0.25, 0.3) is 10.9 Å². The molecule has 0 atom stereocenters. The van der Waals surface area contributed by atoms with E-state index in [0.717, 1.165) is 48.5 Å². The fourth-order valence-electron chi connectivity index (χ4n) is 2.47. The number of ether oxygens (including phenoxy) is 1. The second-order valence-corrected chi connectivity index (χ2v) is 5.99. The van der Waals surface area contributed by atoms with Crippen LogP contribution in [-0.2, 0) is 6.42 Å². The monoisotopic (exact) mass is 341 g/mol. The van der Waals surface area contributed by atoms with Gasteiger partial charge in [0.1, 0.15) is 17.9 Å². The van der Waals surface area contributed by atoms with Crippen molar-refractivity contribution in [1.29, 1.82) is 0 Å². The lowest BCUT2D eigenvalue weighted by molar-refractivity contribution is 0.317. The Morgan fingerprint density at radius 2 is 1.92 bits per heavy atom. The van der Waals surface area contributed by atoms with Crippen LogP contribution in [0.5, 0.6) is 5.75 Å². The SMILES string of the molecule is CCCOc1ccc(CCNc2ncnc3ccc(Cl)cc23)cc1. The van der Waals surface area contributed by atoms with E-state index in [1.807, 2.05) is 30.3 Å². The zero-order chi connectivity index (χ0) is 16.8. The maximum Gasteiger partial charge on any atom is 0.137 e. The number of benzene rings is 2. The summed E-state index contributed by atoms with van der Waals surface area (Å²) >= 11 is 6.08. The van der Waals surface area contributed by atoms with Crippen molar-refractivity contribution in [2.45, 2.75) is 19.8 Å². The van der Waals surface area contributed by atoms with Gasteiger partial charge in [-0.3, -0.25) is 0 Å². The number of anilines is 1. The normalized spacial score (nSPS) is 10.8. The number of halogens is 1. The summed E-state index contributed by atoms with van der Waals surface area (Å²) in [5, 5.41) is 4.99. The van der Waals surface area contributed by atoms with Gasteiger partial charge in [-0.05, 0) is 48.7 Å². The fourth-order valence-corrected chi connectivity index (χ4v) is 2.64. The minimum Gasteiger partial charge on any atom is -0.494 e. The van der Waals surface area contributed by atoms with Crippen molar-refractivity contribution in [3.8, 4) is 5.75 Å². The van der Waals surface area contributed by atoms with Gasteiger partial charge in [0.25, 0.3) is 0 Å². The Morgan fingerprint density at radius 1 is 1.08 bits per heavy atom. The van der Waals surface area contributed by atoms with Gasteiger partial charge in [-0.1, -0.05) is 30.7 Å². The zero-order valence-electron chi connectivity index (χ0n) is 13.6. The third kappa shape index (κ3) is 4.15. The number of hydrogen-bond donors (Lipinski definition) is 1. The summed E-state index contributed by atoms with van der Waals surface area (Å²) < 4.78 is 5.60. The molecule has 0 aliphatic carbocycles. The first kappa shape index (κ1) is 16.5. The Kier molecular flexibility index (Phi) is 5.49. The molecule has 1 N–H and O–H groups in total. The molecule has 1 aromatic heterocycles. The van der Waals surface area contributed by atoms with Crippen molar-refractivity contribution in [2.24, 2.45) is 0 Å². The Morgan fingerprint density at radius 3 is 2.71 bits per heavy atom. The van der Waals surface area contributed by atoms with Gasteiger partial charge in [0.2, 0.25) is 0 Å². The van der Waals surface area contributed by atoms with E-state index >= 15 is 0 Å². The Balaban J connectivity index is 1.61. The average Bonchev–Trinajstić information content (AvgIpc) is 2.61. The molecule has 0 aliphatic heterocycles. The van der Waals surface area contributed by atoms with Gasteiger partial charge in [-0.15, -0.1) is 0 Å². The summed E-state index contributed by atoms with van der Waals surface area (Å²) in [5.74, 6) is 1.73. The summed E-state index contributed by atoms with van der Waals surface area (Å²) in [6.45, 7) is 3.64. The highest BCUT2D eigenvalue weighted by atomic mass is 35.5. The molecule has 3 rings (SSSR count). The van der Waals surface area contributed by atoms with Gasteiger partial charge in [-0.2, -0.15) is 0 Å². The standard InChI is InChI=1S/C19H20ClN3O/c1-2-11-24-16-6-3-14(4-7-16)9-10-21-19-17-12-15(20)5-8-18(17)22-13-23-19/h3-8,12-13H,2,9-11H2,1H3,(H,21,22,23). The highest BCUT2D eigenvalue weighted by molar-refractivity contribution is 6.31. The van der Waals surface area contributed by atoms with Gasteiger partial charge < -0.3 is 10.1 Å². The first-order valence-corrected chi connectivity index (χ1v) is 8.50. The molecule has 0 fully saturated rings. The average molecular weight is 342 g/mol. The van der Waals surface area contributed by atoms with Crippen LogP contribution in [0.1, 0.15) is 18.9 Å². The molecule has 0 saturated heterocycles. The maximum absolute atomic E-state index is 6.08. The Bertz CT molecular complexity index is 805. The van der Waals surface area contributed by atoms with Gasteiger partial charge >= 0.3 is 0 Å². The van der Waals surface area contributed by atoms with E-state index in [1.54, 1.807) is 6.33 Å². The zero-order valence-corrected chi connectivity index (χ0v) is 14.4. The Hall–Kier alpha value is -2.33. The maximum atomic E-state index is 6.08. The predicted octanol–water partition coefficient (Wildman–Crippen LogP) is 4.73. The van der Waals surface area contributed by atoms with Crippen LogP contribution in [0, 0.1) is 0 Å². The van der Waals surface area contributed by atoms with E-state index in [2.05, 4.69) is 34.3 Å². The van der Waals surface area contributed by atoms with Crippen molar-refractivity contribution in [3.63, 3.8) is 0 Å². The largest absolute Gasteiger partial charge is 0.494 e. The minimum atomic E-state index is 0.683. The molecular weight excluding hydrogens is 322 g/mol. The van der Waals surface area contributed by atoms with Crippen LogP contribution in [0.4, 0.5) is 5.82 Å². The molecule has 3 aromatic rings. The summed E-state index contributed by atoms with van der Waals surface area (Å²) in [6.07, 6.45) is 3.49. The first-order chi connectivity index (χ1) is 11.8. The molecule has 4 nitrogen and oxygen atoms in total. The summed E-state index contributed by atoms with van der Waals surface area (Å²) in [6, 6.07) is 13.9. The van der Waals surface area contributed by atoms with Crippen molar-refractivity contribution in [1.82, 2.24) is 9.97 Å².